The molecule has 1 aliphatic rings. The SMILES string of the molecule is CS(=O)(=O)OC[C@H]1CC[C@@H](COS(C)(=O)=O)O1. The summed E-state index contributed by atoms with van der Waals surface area (Å²) in [7, 11) is -6.94. The number of ether oxygens (including phenoxy) is 1. The van der Waals surface area contributed by atoms with Crippen LogP contribution in [-0.4, -0.2) is 54.8 Å². The lowest BCUT2D eigenvalue weighted by atomic mass is 10.2. The molecule has 1 fully saturated rings. The van der Waals surface area contributed by atoms with E-state index in [2.05, 4.69) is 8.37 Å². The van der Waals surface area contributed by atoms with Crippen molar-refractivity contribution in [2.45, 2.75) is 25.0 Å². The summed E-state index contributed by atoms with van der Waals surface area (Å²) in [5.74, 6) is 0. The van der Waals surface area contributed by atoms with Gasteiger partial charge in [-0.25, -0.2) is 0 Å². The van der Waals surface area contributed by atoms with Gasteiger partial charge in [0.15, 0.2) is 0 Å². The molecule has 17 heavy (non-hydrogen) atoms. The minimum absolute atomic E-state index is 0.0474. The van der Waals surface area contributed by atoms with Crippen LogP contribution >= 0.6 is 0 Å². The van der Waals surface area contributed by atoms with Crippen LogP contribution < -0.4 is 0 Å². The minimum Gasteiger partial charge on any atom is -0.370 e. The Labute approximate surface area is 101 Å². The van der Waals surface area contributed by atoms with Crippen molar-refractivity contribution in [3.05, 3.63) is 0 Å². The van der Waals surface area contributed by atoms with E-state index in [4.69, 9.17) is 4.74 Å². The third-order valence-electron chi connectivity index (χ3n) is 2.13. The molecule has 1 heterocycles. The van der Waals surface area contributed by atoms with E-state index in [-0.39, 0.29) is 25.4 Å². The summed E-state index contributed by atoms with van der Waals surface area (Å²) < 4.78 is 57.5. The lowest BCUT2D eigenvalue weighted by molar-refractivity contribution is 0.000123. The molecule has 0 aromatic heterocycles. The zero-order valence-electron chi connectivity index (χ0n) is 9.66. The van der Waals surface area contributed by atoms with Crippen molar-refractivity contribution >= 4 is 20.2 Å². The maximum atomic E-state index is 10.7. The van der Waals surface area contributed by atoms with E-state index in [1.165, 1.54) is 0 Å². The summed E-state index contributed by atoms with van der Waals surface area (Å²) in [6.45, 7) is -0.0948. The first-order valence-corrected chi connectivity index (χ1v) is 8.63. The molecule has 2 atom stereocenters. The normalized spacial score (nSPS) is 26.2. The topological polar surface area (TPSA) is 96.0 Å². The molecule has 1 aliphatic heterocycles. The van der Waals surface area contributed by atoms with Crippen molar-refractivity contribution in [1.29, 1.82) is 0 Å². The molecule has 0 N–H and O–H groups in total. The third kappa shape index (κ3) is 6.94. The molecule has 0 amide bonds. The van der Waals surface area contributed by atoms with Gasteiger partial charge in [-0.2, -0.15) is 16.8 Å². The van der Waals surface area contributed by atoms with Gasteiger partial charge in [0.25, 0.3) is 20.2 Å². The van der Waals surface area contributed by atoms with Crippen molar-refractivity contribution in [3.63, 3.8) is 0 Å². The Hall–Kier alpha value is -0.220. The van der Waals surface area contributed by atoms with E-state index in [1.807, 2.05) is 0 Å². The lowest BCUT2D eigenvalue weighted by Crippen LogP contribution is -2.22. The molecule has 102 valence electrons. The van der Waals surface area contributed by atoms with E-state index < -0.39 is 20.2 Å². The predicted octanol–water partition coefficient (Wildman–Crippen LogP) is -0.514. The molecule has 0 saturated carbocycles. The van der Waals surface area contributed by atoms with Crippen molar-refractivity contribution in [3.8, 4) is 0 Å². The zero-order valence-corrected chi connectivity index (χ0v) is 11.3. The molecule has 0 bridgehead atoms. The molecule has 1 saturated heterocycles. The summed E-state index contributed by atoms with van der Waals surface area (Å²) in [5, 5.41) is 0. The van der Waals surface area contributed by atoms with Gasteiger partial charge in [0.2, 0.25) is 0 Å². The largest absolute Gasteiger partial charge is 0.370 e. The van der Waals surface area contributed by atoms with Gasteiger partial charge in [-0.3, -0.25) is 8.37 Å². The maximum absolute atomic E-state index is 10.7. The van der Waals surface area contributed by atoms with Crippen molar-refractivity contribution < 1.29 is 29.9 Å². The average Bonchev–Trinajstić information content (AvgIpc) is 2.57. The van der Waals surface area contributed by atoms with Crippen molar-refractivity contribution in [1.82, 2.24) is 0 Å². The van der Waals surface area contributed by atoms with Crippen LogP contribution in [0.5, 0.6) is 0 Å². The highest BCUT2D eigenvalue weighted by Crippen LogP contribution is 2.20. The summed E-state index contributed by atoms with van der Waals surface area (Å²) >= 11 is 0. The van der Waals surface area contributed by atoms with Gasteiger partial charge in [-0.1, -0.05) is 0 Å². The second-order valence-electron chi connectivity index (χ2n) is 3.93. The molecule has 0 radical (unpaired) electrons. The Balaban J connectivity index is 2.28. The van der Waals surface area contributed by atoms with Crippen LogP contribution in [0.25, 0.3) is 0 Å². The fraction of sp³-hybridized carbons (Fsp3) is 1.00. The van der Waals surface area contributed by atoms with Crippen LogP contribution in [-0.2, 0) is 33.3 Å². The molecule has 7 nitrogen and oxygen atoms in total. The highest BCUT2D eigenvalue weighted by atomic mass is 32.2. The first kappa shape index (κ1) is 14.8. The van der Waals surface area contributed by atoms with Crippen LogP contribution in [0.3, 0.4) is 0 Å². The van der Waals surface area contributed by atoms with E-state index in [0.29, 0.717) is 12.8 Å². The summed E-state index contributed by atoms with van der Waals surface area (Å²) in [6.07, 6.45) is 2.50. The third-order valence-corrected chi connectivity index (χ3v) is 3.26. The fourth-order valence-electron chi connectivity index (χ4n) is 1.42. The zero-order chi connectivity index (χ0) is 13.1. The number of hydrogen-bond donors (Lipinski definition) is 0. The highest BCUT2D eigenvalue weighted by Gasteiger charge is 2.27. The predicted molar refractivity (Wildman–Crippen MR) is 59.5 cm³/mol. The highest BCUT2D eigenvalue weighted by molar-refractivity contribution is 7.86. The van der Waals surface area contributed by atoms with E-state index in [1.54, 1.807) is 0 Å². The molecular formula is C8H16O7S2. The summed E-state index contributed by atoms with van der Waals surface area (Å²) in [6, 6.07) is 0. The second kappa shape index (κ2) is 5.61. The average molecular weight is 288 g/mol. The van der Waals surface area contributed by atoms with Gasteiger partial charge in [0, 0.05) is 0 Å². The van der Waals surface area contributed by atoms with Gasteiger partial charge in [-0.15, -0.1) is 0 Å². The Bertz CT molecular complexity index is 396. The van der Waals surface area contributed by atoms with Gasteiger partial charge in [-0.05, 0) is 12.8 Å². The quantitative estimate of drug-likeness (QED) is 0.607. The van der Waals surface area contributed by atoms with E-state index >= 15 is 0 Å². The molecular weight excluding hydrogens is 272 g/mol. The van der Waals surface area contributed by atoms with Crippen molar-refractivity contribution in [2.24, 2.45) is 0 Å². The lowest BCUT2D eigenvalue weighted by Gasteiger charge is -2.12. The molecule has 1 rings (SSSR count). The monoisotopic (exact) mass is 288 g/mol. The number of hydrogen-bond acceptors (Lipinski definition) is 7. The van der Waals surface area contributed by atoms with Crippen LogP contribution in [0.2, 0.25) is 0 Å². The van der Waals surface area contributed by atoms with Crippen LogP contribution in [0.4, 0.5) is 0 Å². The summed E-state index contributed by atoms with van der Waals surface area (Å²) in [4.78, 5) is 0. The Morgan fingerprint density at radius 3 is 1.59 bits per heavy atom. The molecule has 0 spiro atoms. The molecule has 9 heteroatoms. The summed E-state index contributed by atoms with van der Waals surface area (Å²) in [5.41, 5.74) is 0. The molecule has 0 aromatic rings. The Morgan fingerprint density at radius 1 is 0.941 bits per heavy atom. The number of rotatable bonds is 6. The molecule has 0 aromatic carbocycles. The minimum atomic E-state index is -3.47. The van der Waals surface area contributed by atoms with Crippen molar-refractivity contribution in [2.75, 3.05) is 25.7 Å². The van der Waals surface area contributed by atoms with Gasteiger partial charge in [0.05, 0.1) is 37.9 Å². The Kier molecular flexibility index (Phi) is 4.90. The second-order valence-corrected chi connectivity index (χ2v) is 7.22. The maximum Gasteiger partial charge on any atom is 0.264 e. The smallest absolute Gasteiger partial charge is 0.264 e. The van der Waals surface area contributed by atoms with Crippen LogP contribution in [0.15, 0.2) is 0 Å². The first-order valence-electron chi connectivity index (χ1n) is 5.00. The Morgan fingerprint density at radius 2 is 1.29 bits per heavy atom. The standard InChI is InChI=1S/C8H16O7S2/c1-16(9,10)13-5-7-3-4-8(15-7)6-14-17(2,11)12/h7-8H,3-6H2,1-2H3/t7-,8+. The first-order chi connectivity index (χ1) is 7.66. The van der Waals surface area contributed by atoms with E-state index in [9.17, 15) is 16.8 Å². The van der Waals surface area contributed by atoms with Gasteiger partial charge >= 0.3 is 0 Å². The van der Waals surface area contributed by atoms with Gasteiger partial charge < -0.3 is 4.74 Å². The fourth-order valence-corrected chi connectivity index (χ4v) is 2.22. The van der Waals surface area contributed by atoms with Crippen LogP contribution in [0, 0.1) is 0 Å². The molecule has 0 aliphatic carbocycles. The van der Waals surface area contributed by atoms with Crippen LogP contribution in [0.1, 0.15) is 12.8 Å². The van der Waals surface area contributed by atoms with E-state index in [0.717, 1.165) is 12.5 Å². The molecule has 0 unspecified atom stereocenters. The van der Waals surface area contributed by atoms with Gasteiger partial charge in [0.1, 0.15) is 0 Å².